The van der Waals surface area contributed by atoms with Crippen LogP contribution in [0.2, 0.25) is 0 Å². The summed E-state index contributed by atoms with van der Waals surface area (Å²) >= 11 is 3.43. The molecular formula is C11H10BrNO2. The molecule has 1 aromatic heterocycles. The fourth-order valence-corrected chi connectivity index (χ4v) is 1.66. The van der Waals surface area contributed by atoms with E-state index >= 15 is 0 Å². The van der Waals surface area contributed by atoms with Gasteiger partial charge in [0.05, 0.1) is 11.6 Å². The normalized spacial score (nSPS) is 10.3. The van der Waals surface area contributed by atoms with Gasteiger partial charge in [-0.05, 0) is 47.1 Å². The molecule has 15 heavy (non-hydrogen) atoms. The molecule has 78 valence electrons. The average molecular weight is 268 g/mol. The Kier molecular flexibility index (Phi) is 2.77. The molecule has 0 saturated carbocycles. The molecule has 0 aliphatic carbocycles. The van der Waals surface area contributed by atoms with E-state index in [9.17, 15) is 0 Å². The van der Waals surface area contributed by atoms with Crippen LogP contribution in [0.5, 0.6) is 5.75 Å². The lowest BCUT2D eigenvalue weighted by Crippen LogP contribution is -1.83. The Morgan fingerprint density at radius 3 is 2.40 bits per heavy atom. The van der Waals surface area contributed by atoms with Crippen molar-refractivity contribution < 1.29 is 9.26 Å². The summed E-state index contributed by atoms with van der Waals surface area (Å²) in [6.07, 6.45) is 0. The van der Waals surface area contributed by atoms with Crippen molar-refractivity contribution in [1.82, 2.24) is 5.16 Å². The van der Waals surface area contributed by atoms with E-state index in [1.54, 1.807) is 7.11 Å². The molecule has 0 unspecified atom stereocenters. The van der Waals surface area contributed by atoms with E-state index in [4.69, 9.17) is 9.26 Å². The van der Waals surface area contributed by atoms with Crippen molar-refractivity contribution in [3.05, 3.63) is 34.5 Å². The van der Waals surface area contributed by atoms with E-state index in [0.29, 0.717) is 0 Å². The first-order chi connectivity index (χ1) is 7.22. The Balaban J connectivity index is 2.41. The Morgan fingerprint density at radius 1 is 1.27 bits per heavy atom. The third-order valence-corrected chi connectivity index (χ3v) is 3.09. The Bertz CT molecular complexity index is 462. The van der Waals surface area contributed by atoms with Gasteiger partial charge in [-0.2, -0.15) is 0 Å². The fourth-order valence-electron chi connectivity index (χ4n) is 1.29. The van der Waals surface area contributed by atoms with E-state index in [1.165, 1.54) is 0 Å². The van der Waals surface area contributed by atoms with Crippen LogP contribution in [0.3, 0.4) is 0 Å². The molecular weight excluding hydrogens is 258 g/mol. The van der Waals surface area contributed by atoms with Gasteiger partial charge < -0.3 is 9.26 Å². The average Bonchev–Trinajstić information content (AvgIpc) is 2.60. The predicted octanol–water partition coefficient (Wildman–Crippen LogP) is 3.42. The van der Waals surface area contributed by atoms with Gasteiger partial charge >= 0.3 is 0 Å². The van der Waals surface area contributed by atoms with Crippen molar-refractivity contribution in [2.24, 2.45) is 0 Å². The number of aryl methyl sites for hydroxylation is 1. The molecule has 1 heterocycles. The van der Waals surface area contributed by atoms with E-state index in [-0.39, 0.29) is 0 Å². The first-order valence-electron chi connectivity index (χ1n) is 4.48. The van der Waals surface area contributed by atoms with Crippen molar-refractivity contribution in [2.45, 2.75) is 6.92 Å². The summed E-state index contributed by atoms with van der Waals surface area (Å²) in [6, 6.07) is 7.68. The number of hydrogen-bond donors (Lipinski definition) is 0. The van der Waals surface area contributed by atoms with Crippen LogP contribution < -0.4 is 4.74 Å². The molecule has 0 bridgehead atoms. The number of rotatable bonds is 2. The first-order valence-corrected chi connectivity index (χ1v) is 5.28. The molecule has 0 amide bonds. The topological polar surface area (TPSA) is 35.3 Å². The highest BCUT2D eigenvalue weighted by atomic mass is 79.9. The second kappa shape index (κ2) is 4.06. The number of halogens is 1. The summed E-state index contributed by atoms with van der Waals surface area (Å²) in [5.41, 5.74) is 1.81. The second-order valence-corrected chi connectivity index (χ2v) is 3.92. The molecule has 0 aliphatic rings. The van der Waals surface area contributed by atoms with E-state index in [1.807, 2.05) is 31.2 Å². The Labute approximate surface area is 96.2 Å². The van der Waals surface area contributed by atoms with Gasteiger partial charge in [0.25, 0.3) is 0 Å². The lowest BCUT2D eigenvalue weighted by atomic mass is 10.1. The van der Waals surface area contributed by atoms with Crippen LogP contribution in [-0.2, 0) is 0 Å². The molecule has 0 atom stereocenters. The van der Waals surface area contributed by atoms with Crippen molar-refractivity contribution in [3.8, 4) is 17.0 Å². The highest BCUT2D eigenvalue weighted by Gasteiger charge is 2.11. The van der Waals surface area contributed by atoms with Crippen molar-refractivity contribution in [1.29, 1.82) is 0 Å². The number of aromatic nitrogens is 1. The van der Waals surface area contributed by atoms with Crippen LogP contribution in [0.25, 0.3) is 11.3 Å². The molecule has 0 fully saturated rings. The maximum atomic E-state index is 5.08. The lowest BCUT2D eigenvalue weighted by Gasteiger charge is -2.00. The minimum absolute atomic E-state index is 0.779. The van der Waals surface area contributed by atoms with Gasteiger partial charge in [-0.1, -0.05) is 5.16 Å². The Hall–Kier alpha value is -1.29. The van der Waals surface area contributed by atoms with Gasteiger partial charge in [-0.15, -0.1) is 0 Å². The van der Waals surface area contributed by atoms with Crippen LogP contribution in [-0.4, -0.2) is 12.3 Å². The smallest absolute Gasteiger partial charge is 0.148 e. The predicted molar refractivity (Wildman–Crippen MR) is 60.9 cm³/mol. The summed E-state index contributed by atoms with van der Waals surface area (Å²) in [5.74, 6) is 1.61. The number of nitrogens with zero attached hydrogens (tertiary/aromatic N) is 1. The highest BCUT2D eigenvalue weighted by molar-refractivity contribution is 9.10. The molecule has 1 aromatic carbocycles. The van der Waals surface area contributed by atoms with Gasteiger partial charge in [-0.25, -0.2) is 0 Å². The summed E-state index contributed by atoms with van der Waals surface area (Å²) in [7, 11) is 1.64. The molecule has 0 aliphatic heterocycles. The zero-order chi connectivity index (χ0) is 10.8. The molecule has 0 spiro atoms. The van der Waals surface area contributed by atoms with Crippen LogP contribution in [0.4, 0.5) is 0 Å². The third kappa shape index (κ3) is 1.90. The first kappa shape index (κ1) is 10.2. The monoisotopic (exact) mass is 267 g/mol. The van der Waals surface area contributed by atoms with Gasteiger partial charge in [0.2, 0.25) is 0 Å². The van der Waals surface area contributed by atoms with Crippen LogP contribution in [0.1, 0.15) is 5.76 Å². The lowest BCUT2D eigenvalue weighted by molar-refractivity contribution is 0.399. The van der Waals surface area contributed by atoms with Crippen molar-refractivity contribution in [3.63, 3.8) is 0 Å². The van der Waals surface area contributed by atoms with Crippen LogP contribution >= 0.6 is 15.9 Å². The minimum Gasteiger partial charge on any atom is -0.497 e. The summed E-state index contributed by atoms with van der Waals surface area (Å²) in [5, 5.41) is 3.98. The summed E-state index contributed by atoms with van der Waals surface area (Å²) in [4.78, 5) is 0. The molecule has 2 aromatic rings. The van der Waals surface area contributed by atoms with Gasteiger partial charge in [0.15, 0.2) is 0 Å². The van der Waals surface area contributed by atoms with E-state index in [0.717, 1.165) is 27.2 Å². The maximum Gasteiger partial charge on any atom is 0.148 e. The van der Waals surface area contributed by atoms with E-state index < -0.39 is 0 Å². The van der Waals surface area contributed by atoms with Crippen LogP contribution in [0, 0.1) is 6.92 Å². The zero-order valence-corrected chi connectivity index (χ0v) is 10.0. The van der Waals surface area contributed by atoms with Gasteiger partial charge in [-0.3, -0.25) is 0 Å². The number of ether oxygens (including phenoxy) is 1. The minimum atomic E-state index is 0.779. The largest absolute Gasteiger partial charge is 0.497 e. The SMILES string of the molecule is COc1ccc(-c2noc(C)c2Br)cc1. The van der Waals surface area contributed by atoms with Crippen molar-refractivity contribution >= 4 is 15.9 Å². The Morgan fingerprint density at radius 2 is 1.93 bits per heavy atom. The molecule has 2 rings (SSSR count). The molecule has 3 nitrogen and oxygen atoms in total. The molecule has 0 radical (unpaired) electrons. The third-order valence-electron chi connectivity index (χ3n) is 2.15. The van der Waals surface area contributed by atoms with Crippen LogP contribution in [0.15, 0.2) is 33.3 Å². The second-order valence-electron chi connectivity index (χ2n) is 3.13. The number of benzene rings is 1. The van der Waals surface area contributed by atoms with Gasteiger partial charge in [0.1, 0.15) is 17.2 Å². The number of hydrogen-bond acceptors (Lipinski definition) is 3. The molecule has 4 heteroatoms. The van der Waals surface area contributed by atoms with E-state index in [2.05, 4.69) is 21.1 Å². The number of methoxy groups -OCH3 is 1. The molecule has 0 N–H and O–H groups in total. The summed E-state index contributed by atoms with van der Waals surface area (Å²) < 4.78 is 11.1. The highest BCUT2D eigenvalue weighted by Crippen LogP contribution is 2.30. The molecule has 0 saturated heterocycles. The zero-order valence-electron chi connectivity index (χ0n) is 8.45. The fraction of sp³-hybridized carbons (Fsp3) is 0.182. The summed E-state index contributed by atoms with van der Waals surface area (Å²) in [6.45, 7) is 1.87. The maximum absolute atomic E-state index is 5.08. The quantitative estimate of drug-likeness (QED) is 0.837. The standard InChI is InChI=1S/C11H10BrNO2/c1-7-10(12)11(13-15-7)8-3-5-9(14-2)6-4-8/h3-6H,1-2H3. The van der Waals surface area contributed by atoms with Gasteiger partial charge in [0, 0.05) is 5.56 Å². The van der Waals surface area contributed by atoms with Crippen molar-refractivity contribution in [2.75, 3.05) is 7.11 Å².